The third kappa shape index (κ3) is 4.75. The van der Waals surface area contributed by atoms with E-state index in [1.165, 1.54) is 24.3 Å². The summed E-state index contributed by atoms with van der Waals surface area (Å²) in [5.41, 5.74) is 1.25. The summed E-state index contributed by atoms with van der Waals surface area (Å²) in [6.07, 6.45) is -4.72. The van der Waals surface area contributed by atoms with Gasteiger partial charge in [-0.2, -0.15) is 0 Å². The van der Waals surface area contributed by atoms with E-state index in [1.54, 1.807) is 18.2 Å². The molecule has 0 aliphatic heterocycles. The lowest BCUT2D eigenvalue weighted by Crippen LogP contribution is -2.17. The Labute approximate surface area is 123 Å². The van der Waals surface area contributed by atoms with Crippen molar-refractivity contribution in [1.82, 2.24) is 0 Å². The SMILES string of the molecule is Oc1ccc(CNc2cccc(OC(F)(F)F)c2)cc1Cl. The quantitative estimate of drug-likeness (QED) is 0.869. The molecule has 2 rings (SSSR count). The minimum absolute atomic E-state index is 0.0269. The Balaban J connectivity index is 2.03. The molecule has 0 aliphatic rings. The number of aromatic hydroxyl groups is 1. The van der Waals surface area contributed by atoms with Crippen molar-refractivity contribution in [2.75, 3.05) is 5.32 Å². The van der Waals surface area contributed by atoms with Crippen molar-refractivity contribution in [3.8, 4) is 11.5 Å². The first-order valence-corrected chi connectivity index (χ1v) is 6.28. The third-order valence-corrected chi connectivity index (χ3v) is 2.88. The van der Waals surface area contributed by atoms with Gasteiger partial charge in [0.05, 0.1) is 5.02 Å². The molecule has 0 aromatic heterocycles. The highest BCUT2D eigenvalue weighted by Gasteiger charge is 2.31. The molecule has 0 radical (unpaired) electrons. The molecule has 2 N–H and O–H groups in total. The Bertz CT molecular complexity index is 632. The van der Waals surface area contributed by atoms with Gasteiger partial charge in [-0.1, -0.05) is 23.7 Å². The van der Waals surface area contributed by atoms with Gasteiger partial charge in [0.2, 0.25) is 0 Å². The van der Waals surface area contributed by atoms with Crippen LogP contribution in [0.4, 0.5) is 18.9 Å². The van der Waals surface area contributed by atoms with Crippen molar-refractivity contribution in [3.05, 3.63) is 53.1 Å². The maximum atomic E-state index is 12.1. The molecule has 0 heterocycles. The topological polar surface area (TPSA) is 41.5 Å². The number of nitrogens with one attached hydrogen (secondary N) is 1. The minimum Gasteiger partial charge on any atom is -0.506 e. The van der Waals surface area contributed by atoms with Crippen LogP contribution >= 0.6 is 11.6 Å². The summed E-state index contributed by atoms with van der Waals surface area (Å²) < 4.78 is 40.2. The lowest BCUT2D eigenvalue weighted by atomic mass is 10.2. The van der Waals surface area contributed by atoms with Gasteiger partial charge in [0.1, 0.15) is 11.5 Å². The fourth-order valence-electron chi connectivity index (χ4n) is 1.67. The Morgan fingerprint density at radius 3 is 2.57 bits per heavy atom. The van der Waals surface area contributed by atoms with Crippen LogP contribution in [0.3, 0.4) is 0 Å². The molecule has 2 aromatic rings. The predicted molar refractivity (Wildman–Crippen MR) is 73.6 cm³/mol. The van der Waals surface area contributed by atoms with Gasteiger partial charge < -0.3 is 15.2 Å². The first-order valence-electron chi connectivity index (χ1n) is 5.90. The van der Waals surface area contributed by atoms with Crippen molar-refractivity contribution in [2.45, 2.75) is 12.9 Å². The van der Waals surface area contributed by atoms with Crippen molar-refractivity contribution in [1.29, 1.82) is 0 Å². The van der Waals surface area contributed by atoms with Crippen LogP contribution < -0.4 is 10.1 Å². The molecule has 7 heteroatoms. The smallest absolute Gasteiger partial charge is 0.506 e. The average molecular weight is 318 g/mol. The second-order valence-electron chi connectivity index (χ2n) is 4.21. The summed E-state index contributed by atoms with van der Waals surface area (Å²) in [7, 11) is 0. The van der Waals surface area contributed by atoms with Gasteiger partial charge in [-0.05, 0) is 29.8 Å². The Morgan fingerprint density at radius 2 is 1.90 bits per heavy atom. The summed E-state index contributed by atoms with van der Waals surface area (Å²) in [4.78, 5) is 0. The van der Waals surface area contributed by atoms with Crippen LogP contribution in [0.2, 0.25) is 5.02 Å². The van der Waals surface area contributed by atoms with E-state index in [2.05, 4.69) is 10.1 Å². The number of rotatable bonds is 4. The van der Waals surface area contributed by atoms with Gasteiger partial charge in [0, 0.05) is 18.3 Å². The molecule has 2 aromatic carbocycles. The first kappa shape index (κ1) is 15.3. The zero-order valence-electron chi connectivity index (χ0n) is 10.6. The standard InChI is InChI=1S/C14H11ClF3NO2/c15-12-6-9(4-5-13(12)20)8-19-10-2-1-3-11(7-10)21-14(16,17)18/h1-7,19-20H,8H2. The number of phenols is 1. The number of hydrogen-bond donors (Lipinski definition) is 2. The van der Waals surface area contributed by atoms with Crippen LogP contribution in [0, 0.1) is 0 Å². The summed E-state index contributed by atoms with van der Waals surface area (Å²) in [5, 5.41) is 12.5. The molecule has 3 nitrogen and oxygen atoms in total. The maximum Gasteiger partial charge on any atom is 0.573 e. The Hall–Kier alpha value is -2.08. The van der Waals surface area contributed by atoms with E-state index >= 15 is 0 Å². The molecule has 112 valence electrons. The zero-order valence-corrected chi connectivity index (χ0v) is 11.4. The largest absolute Gasteiger partial charge is 0.573 e. The molecule has 0 saturated heterocycles. The van der Waals surface area contributed by atoms with Crippen LogP contribution in [-0.2, 0) is 6.54 Å². The highest BCUT2D eigenvalue weighted by Crippen LogP contribution is 2.26. The summed E-state index contributed by atoms with van der Waals surface area (Å²) >= 11 is 5.77. The summed E-state index contributed by atoms with van der Waals surface area (Å²) in [5.74, 6) is -0.322. The van der Waals surface area contributed by atoms with Crippen molar-refractivity contribution >= 4 is 17.3 Å². The first-order chi connectivity index (χ1) is 9.83. The average Bonchev–Trinajstić information content (AvgIpc) is 2.39. The molecular formula is C14H11ClF3NO2. The fourth-order valence-corrected chi connectivity index (χ4v) is 1.87. The number of halogens is 4. The summed E-state index contributed by atoms with van der Waals surface area (Å²) in [6.45, 7) is 0.343. The normalized spacial score (nSPS) is 11.2. The van der Waals surface area contributed by atoms with Crippen LogP contribution in [-0.4, -0.2) is 11.5 Å². The van der Waals surface area contributed by atoms with Crippen LogP contribution in [0.25, 0.3) is 0 Å². The van der Waals surface area contributed by atoms with E-state index in [9.17, 15) is 18.3 Å². The number of alkyl halides is 3. The molecule has 0 aliphatic carbocycles. The molecule has 0 amide bonds. The molecule has 0 bridgehead atoms. The molecule has 0 spiro atoms. The fraction of sp³-hybridized carbons (Fsp3) is 0.143. The second-order valence-corrected chi connectivity index (χ2v) is 4.62. The monoisotopic (exact) mass is 317 g/mol. The number of phenolic OH excluding ortho intramolecular Hbond substituents is 1. The van der Waals surface area contributed by atoms with Crippen LogP contribution in [0.5, 0.6) is 11.5 Å². The highest BCUT2D eigenvalue weighted by molar-refractivity contribution is 6.32. The molecule has 21 heavy (non-hydrogen) atoms. The van der Waals surface area contributed by atoms with Gasteiger partial charge in [-0.3, -0.25) is 0 Å². The van der Waals surface area contributed by atoms with Crippen molar-refractivity contribution in [2.24, 2.45) is 0 Å². The molecular weight excluding hydrogens is 307 g/mol. The van der Waals surface area contributed by atoms with Gasteiger partial charge >= 0.3 is 6.36 Å². The minimum atomic E-state index is -4.72. The van der Waals surface area contributed by atoms with E-state index in [1.807, 2.05) is 0 Å². The maximum absolute atomic E-state index is 12.1. The van der Waals surface area contributed by atoms with Gasteiger partial charge in [0.25, 0.3) is 0 Å². The van der Waals surface area contributed by atoms with Gasteiger partial charge in [-0.15, -0.1) is 13.2 Å². The molecule has 0 saturated carbocycles. The number of benzene rings is 2. The molecule has 0 unspecified atom stereocenters. The lowest BCUT2D eigenvalue weighted by Gasteiger charge is -2.11. The van der Waals surface area contributed by atoms with E-state index in [0.717, 1.165) is 5.56 Å². The Morgan fingerprint density at radius 1 is 1.14 bits per heavy atom. The summed E-state index contributed by atoms with van der Waals surface area (Å²) in [6, 6.07) is 10.2. The highest BCUT2D eigenvalue weighted by atomic mass is 35.5. The van der Waals surface area contributed by atoms with Gasteiger partial charge in [0.15, 0.2) is 0 Å². The second kappa shape index (κ2) is 6.13. The number of anilines is 1. The van der Waals surface area contributed by atoms with Crippen LogP contribution in [0.15, 0.2) is 42.5 Å². The van der Waals surface area contributed by atoms with E-state index in [-0.39, 0.29) is 16.5 Å². The lowest BCUT2D eigenvalue weighted by molar-refractivity contribution is -0.274. The molecule has 0 atom stereocenters. The number of ether oxygens (including phenoxy) is 1. The third-order valence-electron chi connectivity index (χ3n) is 2.58. The van der Waals surface area contributed by atoms with E-state index in [0.29, 0.717) is 12.2 Å². The Kier molecular flexibility index (Phi) is 4.47. The van der Waals surface area contributed by atoms with Gasteiger partial charge in [-0.25, -0.2) is 0 Å². The van der Waals surface area contributed by atoms with E-state index in [4.69, 9.17) is 11.6 Å². The van der Waals surface area contributed by atoms with Crippen molar-refractivity contribution in [3.63, 3.8) is 0 Å². The zero-order chi connectivity index (χ0) is 15.5. The predicted octanol–water partition coefficient (Wildman–Crippen LogP) is 4.56. The van der Waals surface area contributed by atoms with E-state index < -0.39 is 6.36 Å². The van der Waals surface area contributed by atoms with Crippen LogP contribution in [0.1, 0.15) is 5.56 Å². The molecule has 0 fully saturated rings. The number of hydrogen-bond acceptors (Lipinski definition) is 3. The van der Waals surface area contributed by atoms with Crippen molar-refractivity contribution < 1.29 is 23.0 Å².